The van der Waals surface area contributed by atoms with Gasteiger partial charge in [0.15, 0.2) is 6.17 Å². The maximum absolute atomic E-state index is 15.1. The highest BCUT2D eigenvalue weighted by atomic mass is 32.1. The summed E-state index contributed by atoms with van der Waals surface area (Å²) in [5.41, 5.74) is 1.19. The van der Waals surface area contributed by atoms with Crippen molar-refractivity contribution < 1.29 is 26.8 Å². The van der Waals surface area contributed by atoms with Crippen LogP contribution in [0.2, 0.25) is 0 Å². The van der Waals surface area contributed by atoms with Crippen molar-refractivity contribution in [3.05, 3.63) is 46.8 Å². The summed E-state index contributed by atoms with van der Waals surface area (Å²) < 4.78 is 69.0. The summed E-state index contributed by atoms with van der Waals surface area (Å²) in [6, 6.07) is 10.6. The highest BCUT2D eigenvalue weighted by Gasteiger charge is 2.37. The number of halogens is 4. The zero-order chi connectivity index (χ0) is 29.1. The third kappa shape index (κ3) is 7.02. The lowest BCUT2D eigenvalue weighted by atomic mass is 10.0. The summed E-state index contributed by atoms with van der Waals surface area (Å²) in [7, 11) is 0.971. The Morgan fingerprint density at radius 1 is 1.12 bits per heavy atom. The predicted octanol–water partition coefficient (Wildman–Crippen LogP) is 7.67. The van der Waals surface area contributed by atoms with Gasteiger partial charge in [-0.25, -0.2) is 17.6 Å². The highest BCUT2D eigenvalue weighted by Crippen LogP contribution is 2.43. The molecule has 5 nitrogen and oxygen atoms in total. The number of alkyl halides is 4. The molecule has 2 aliphatic rings. The van der Waals surface area contributed by atoms with Crippen molar-refractivity contribution in [3.63, 3.8) is 0 Å². The normalized spacial score (nSPS) is 20.1. The number of fused-ring (bicyclic) bond motifs is 1. The first kappa shape index (κ1) is 29.8. The van der Waals surface area contributed by atoms with Crippen LogP contribution in [-0.4, -0.2) is 69.7 Å². The van der Waals surface area contributed by atoms with E-state index >= 15 is 4.39 Å². The molecule has 3 atom stereocenters. The number of hydrogen-bond acceptors (Lipinski definition) is 6. The molecule has 2 aromatic carbocycles. The van der Waals surface area contributed by atoms with Gasteiger partial charge >= 0.3 is 0 Å². The largest absolute Gasteiger partial charge is 0.494 e. The maximum atomic E-state index is 15.1. The number of ether oxygens (including phenoxy) is 1. The fourth-order valence-corrected chi connectivity index (χ4v) is 6.88. The Bertz CT molecular complexity index is 1420. The molecule has 0 amide bonds. The Hall–Kier alpha value is -2.73. The number of piperidine rings is 1. The SMILES string of the molecule is COc1cc(OP(C)C)ccc1NCC#Cc1sc2c(NC3CCN(C4CC4)CC3F)cccc2c1C(F)C(F)F. The van der Waals surface area contributed by atoms with Crippen LogP contribution < -0.4 is 19.9 Å². The Morgan fingerprint density at radius 3 is 2.61 bits per heavy atom. The van der Waals surface area contributed by atoms with Crippen LogP contribution in [-0.2, 0) is 0 Å². The molecular weight excluding hydrogens is 573 g/mol. The Labute approximate surface area is 243 Å². The minimum Gasteiger partial charge on any atom is -0.494 e. The molecule has 11 heteroatoms. The first-order chi connectivity index (χ1) is 19.7. The molecule has 3 unspecified atom stereocenters. The molecule has 220 valence electrons. The molecule has 0 radical (unpaired) electrons. The smallest absolute Gasteiger partial charge is 0.273 e. The Kier molecular flexibility index (Phi) is 9.48. The lowest BCUT2D eigenvalue weighted by Crippen LogP contribution is -2.48. The van der Waals surface area contributed by atoms with Gasteiger partial charge in [0.25, 0.3) is 6.43 Å². The van der Waals surface area contributed by atoms with Gasteiger partial charge in [0.2, 0.25) is 0 Å². The van der Waals surface area contributed by atoms with E-state index in [1.165, 1.54) is 0 Å². The van der Waals surface area contributed by atoms with E-state index in [0.29, 0.717) is 52.0 Å². The van der Waals surface area contributed by atoms with Crippen LogP contribution in [0, 0.1) is 11.8 Å². The minimum absolute atomic E-state index is 0.119. The van der Waals surface area contributed by atoms with Crippen LogP contribution in [0.1, 0.15) is 35.9 Å². The number of thiophene rings is 1. The molecule has 0 bridgehead atoms. The minimum atomic E-state index is -3.19. The lowest BCUT2D eigenvalue weighted by molar-refractivity contribution is 0.0504. The van der Waals surface area contributed by atoms with Crippen molar-refractivity contribution in [2.24, 2.45) is 0 Å². The highest BCUT2D eigenvalue weighted by molar-refractivity contribution is 7.51. The van der Waals surface area contributed by atoms with Gasteiger partial charge in [-0.15, -0.1) is 11.3 Å². The number of hydrogen-bond donors (Lipinski definition) is 2. The first-order valence-electron chi connectivity index (χ1n) is 13.6. The number of benzene rings is 2. The van der Waals surface area contributed by atoms with Crippen LogP contribution >= 0.6 is 19.5 Å². The molecule has 1 aliphatic heterocycles. The summed E-state index contributed by atoms with van der Waals surface area (Å²) in [4.78, 5) is 2.44. The van der Waals surface area contributed by atoms with Gasteiger partial charge < -0.3 is 19.9 Å². The summed E-state index contributed by atoms with van der Waals surface area (Å²) in [6.07, 6.45) is -3.83. The summed E-state index contributed by atoms with van der Waals surface area (Å²) in [5, 5.41) is 6.83. The van der Waals surface area contributed by atoms with Crippen molar-refractivity contribution in [2.45, 2.75) is 50.1 Å². The van der Waals surface area contributed by atoms with Crippen LogP contribution in [0.4, 0.5) is 28.9 Å². The van der Waals surface area contributed by atoms with Gasteiger partial charge in [-0.2, -0.15) is 0 Å². The monoisotopic (exact) mass is 607 g/mol. The average molecular weight is 608 g/mol. The molecule has 0 spiro atoms. The molecule has 41 heavy (non-hydrogen) atoms. The molecule has 2 fully saturated rings. The first-order valence-corrected chi connectivity index (χ1v) is 16.6. The van der Waals surface area contributed by atoms with Gasteiger partial charge in [-0.3, -0.25) is 4.90 Å². The Morgan fingerprint density at radius 2 is 1.93 bits per heavy atom. The Balaban J connectivity index is 1.36. The zero-order valence-corrected chi connectivity index (χ0v) is 24.9. The number of methoxy groups -OCH3 is 1. The van der Waals surface area contributed by atoms with Crippen LogP contribution in [0.5, 0.6) is 11.5 Å². The quantitative estimate of drug-likeness (QED) is 0.141. The van der Waals surface area contributed by atoms with Crippen molar-refractivity contribution in [2.75, 3.05) is 50.7 Å². The van der Waals surface area contributed by atoms with E-state index in [4.69, 9.17) is 9.26 Å². The van der Waals surface area contributed by atoms with Crippen molar-refractivity contribution >= 4 is 40.9 Å². The lowest BCUT2D eigenvalue weighted by Gasteiger charge is -2.35. The fraction of sp³-hybridized carbons (Fsp3) is 0.467. The molecule has 1 aromatic heterocycles. The van der Waals surface area contributed by atoms with E-state index in [-0.39, 0.29) is 17.0 Å². The third-order valence-corrected chi connectivity index (χ3v) is 9.00. The van der Waals surface area contributed by atoms with E-state index in [9.17, 15) is 13.2 Å². The van der Waals surface area contributed by atoms with Crippen LogP contribution in [0.25, 0.3) is 10.1 Å². The maximum Gasteiger partial charge on any atom is 0.273 e. The second kappa shape index (κ2) is 13.1. The summed E-state index contributed by atoms with van der Waals surface area (Å²) >= 11 is 1.15. The molecule has 2 heterocycles. The molecule has 1 saturated heterocycles. The summed E-state index contributed by atoms with van der Waals surface area (Å²) in [5.74, 6) is 7.13. The van der Waals surface area contributed by atoms with E-state index in [0.717, 1.165) is 30.7 Å². The second-order valence-corrected chi connectivity index (χ2v) is 13.3. The van der Waals surface area contributed by atoms with Crippen LogP contribution in [0.3, 0.4) is 0 Å². The van der Waals surface area contributed by atoms with E-state index < -0.39 is 33.0 Å². The molecule has 3 aromatic rings. The standard InChI is InChI=1S/C30H34F4N3O2PS/c1-38-25-16-19(39-40(2)3)11-12-23(25)35-14-5-8-26-27(28(32)30(33)34)20-6-4-7-24(29(20)41-26)36-22-13-15-37(17-21(22)31)18-9-10-18/h4,6-7,11-12,16,18,21-22,28,30,35-36H,9-10,13-15,17H2,1-3H3. The van der Waals surface area contributed by atoms with E-state index in [1.807, 2.05) is 25.5 Å². The number of likely N-dealkylation sites (tertiary alicyclic amines) is 1. The van der Waals surface area contributed by atoms with Crippen LogP contribution in [0.15, 0.2) is 36.4 Å². The van der Waals surface area contributed by atoms with Gasteiger partial charge in [0.1, 0.15) is 17.7 Å². The predicted molar refractivity (Wildman–Crippen MR) is 161 cm³/mol. The topological polar surface area (TPSA) is 45.8 Å². The molecule has 5 rings (SSSR count). The van der Waals surface area contributed by atoms with E-state index in [2.05, 4.69) is 27.4 Å². The van der Waals surface area contributed by atoms with Gasteiger partial charge in [0, 0.05) is 36.1 Å². The van der Waals surface area contributed by atoms with E-state index in [1.54, 1.807) is 31.4 Å². The van der Waals surface area contributed by atoms with Crippen molar-refractivity contribution in [3.8, 4) is 23.3 Å². The number of anilines is 2. The molecule has 2 N–H and O–H groups in total. The molecular formula is C30H34F4N3O2PS. The molecule has 1 saturated carbocycles. The average Bonchev–Trinajstić information content (AvgIpc) is 3.73. The van der Waals surface area contributed by atoms with Crippen molar-refractivity contribution in [1.29, 1.82) is 0 Å². The van der Waals surface area contributed by atoms with Gasteiger partial charge in [-0.1, -0.05) is 24.0 Å². The zero-order valence-electron chi connectivity index (χ0n) is 23.2. The number of nitrogens with one attached hydrogen (secondary N) is 2. The second-order valence-electron chi connectivity index (χ2n) is 10.5. The van der Waals surface area contributed by atoms with Crippen molar-refractivity contribution in [1.82, 2.24) is 4.90 Å². The number of nitrogens with zero attached hydrogens (tertiary/aromatic N) is 1. The third-order valence-electron chi connectivity index (χ3n) is 7.26. The van der Waals surface area contributed by atoms with Gasteiger partial charge in [-0.05, 0) is 50.8 Å². The summed E-state index contributed by atoms with van der Waals surface area (Å²) in [6.45, 7) is 5.37. The fourth-order valence-electron chi connectivity index (χ4n) is 5.16. The molecule has 1 aliphatic carbocycles. The number of rotatable bonds is 10. The van der Waals surface area contributed by atoms with Gasteiger partial charge in [0.05, 0.1) is 48.8 Å².